The second-order valence-electron chi connectivity index (χ2n) is 1.03. The summed E-state index contributed by atoms with van der Waals surface area (Å²) in [6.07, 6.45) is 0. The molecule has 8 N–H and O–H groups in total. The maximum absolute atomic E-state index is 8.88. The van der Waals surface area contributed by atoms with E-state index in [1.54, 1.807) is 0 Å². The quantitative estimate of drug-likeness (QED) is 0.273. The zero-order valence-electron chi connectivity index (χ0n) is 6.89. The fourth-order valence-corrected chi connectivity index (χ4v) is 0. The Morgan fingerprint density at radius 2 is 0.692 bits per heavy atom. The molecular formula is C2H14O9P2. The van der Waals surface area contributed by atoms with Crippen molar-refractivity contribution < 1.29 is 44.0 Å². The molecule has 0 aliphatic carbocycles. The van der Waals surface area contributed by atoms with Crippen molar-refractivity contribution in [2.24, 2.45) is 0 Å². The van der Waals surface area contributed by atoms with Crippen molar-refractivity contribution in [2.75, 3.05) is 0 Å². The fraction of sp³-hybridized carbons (Fsp3) is 1.00. The average Bonchev–Trinajstić information content (AvgIpc) is 1.59. The van der Waals surface area contributed by atoms with E-state index < -0.39 is 15.6 Å². The highest BCUT2D eigenvalue weighted by Crippen LogP contribution is 2.26. The van der Waals surface area contributed by atoms with Gasteiger partial charge in [-0.15, -0.1) is 0 Å². The first-order valence-corrected chi connectivity index (χ1v) is 5.70. The van der Waals surface area contributed by atoms with Crippen LogP contribution in [0.5, 0.6) is 0 Å². The van der Waals surface area contributed by atoms with E-state index in [0.29, 0.717) is 0 Å². The molecule has 0 aromatic carbocycles. The summed E-state index contributed by atoms with van der Waals surface area (Å²) in [5.74, 6) is 0. The molecule has 0 bridgehead atoms. The largest absolute Gasteiger partial charge is 0.466 e. The van der Waals surface area contributed by atoms with Crippen molar-refractivity contribution in [3.8, 4) is 0 Å². The molecule has 86 valence electrons. The van der Waals surface area contributed by atoms with Crippen molar-refractivity contribution in [1.82, 2.24) is 0 Å². The van der Waals surface area contributed by atoms with Crippen LogP contribution in [0.15, 0.2) is 0 Å². The minimum atomic E-state index is -4.64. The summed E-state index contributed by atoms with van der Waals surface area (Å²) >= 11 is 0. The van der Waals surface area contributed by atoms with Gasteiger partial charge in [0.15, 0.2) is 0 Å². The molecule has 0 aromatic rings. The summed E-state index contributed by atoms with van der Waals surface area (Å²) < 4.78 is 17.8. The Morgan fingerprint density at radius 3 is 0.692 bits per heavy atom. The first kappa shape index (κ1) is 23.2. The van der Waals surface area contributed by atoms with Gasteiger partial charge >= 0.3 is 15.6 Å². The maximum atomic E-state index is 8.88. The van der Waals surface area contributed by atoms with Crippen LogP contribution < -0.4 is 0 Å². The van der Waals surface area contributed by atoms with E-state index in [4.69, 9.17) is 38.5 Å². The molecule has 0 aromatic heterocycles. The lowest BCUT2D eigenvalue weighted by atomic mass is 11.0. The molecule has 0 radical (unpaired) electrons. The third kappa shape index (κ3) is 39000. The average molecular weight is 244 g/mol. The van der Waals surface area contributed by atoms with Gasteiger partial charge in [0, 0.05) is 0 Å². The highest BCUT2D eigenvalue weighted by Gasteiger charge is 2.00. The molecule has 0 rings (SSSR count). The Hall–Kier alpha value is 0.180. The normalized spacial score (nSPS) is 9.54. The summed E-state index contributed by atoms with van der Waals surface area (Å²) in [6, 6.07) is 0. The van der Waals surface area contributed by atoms with Crippen LogP contribution in [0.2, 0.25) is 0 Å². The van der Waals surface area contributed by atoms with E-state index in [1.165, 1.54) is 0 Å². The van der Waals surface area contributed by atoms with Gasteiger partial charge in [0.2, 0.25) is 0 Å². The summed E-state index contributed by atoms with van der Waals surface area (Å²) in [4.78, 5) is 43.1. The topological polar surface area (TPSA) is 187 Å². The molecule has 11 heteroatoms. The van der Waals surface area contributed by atoms with Crippen molar-refractivity contribution >= 4 is 15.6 Å². The van der Waals surface area contributed by atoms with E-state index in [-0.39, 0.29) is 5.48 Å². The van der Waals surface area contributed by atoms with Crippen molar-refractivity contribution in [1.29, 1.82) is 0 Å². The van der Waals surface area contributed by atoms with Crippen LogP contribution in [0, 0.1) is 0 Å². The number of rotatable bonds is 0. The van der Waals surface area contributed by atoms with E-state index in [9.17, 15) is 0 Å². The van der Waals surface area contributed by atoms with Gasteiger partial charge in [-0.3, -0.25) is 0 Å². The molecule has 13 heavy (non-hydrogen) atoms. The number of phosphoric acid groups is 2. The summed E-state index contributed by atoms with van der Waals surface area (Å²) in [5, 5.41) is 0. The fourth-order valence-electron chi connectivity index (χ4n) is 0. The smallest absolute Gasteiger partial charge is 0.412 e. The van der Waals surface area contributed by atoms with E-state index in [1.807, 2.05) is 13.8 Å². The SMILES string of the molecule is CC.O.O=P(O)(O)O.O=P(O)(O)O. The molecule has 0 aliphatic rings. The van der Waals surface area contributed by atoms with Crippen LogP contribution in [0.4, 0.5) is 0 Å². The first-order chi connectivity index (χ1) is 5.00. The number of hydrogen-bond acceptors (Lipinski definition) is 2. The Morgan fingerprint density at radius 1 is 0.692 bits per heavy atom. The van der Waals surface area contributed by atoms with Crippen LogP contribution in [0.1, 0.15) is 13.8 Å². The number of hydrogen-bond donors (Lipinski definition) is 6. The molecule has 0 unspecified atom stereocenters. The second-order valence-corrected chi connectivity index (χ2v) is 3.08. The summed E-state index contributed by atoms with van der Waals surface area (Å²) in [7, 11) is -9.28. The molecule has 0 fully saturated rings. The van der Waals surface area contributed by atoms with Crippen LogP contribution in [-0.2, 0) is 9.13 Å². The van der Waals surface area contributed by atoms with Gasteiger partial charge in [-0.25, -0.2) is 9.13 Å². The van der Waals surface area contributed by atoms with Crippen molar-refractivity contribution in [2.45, 2.75) is 13.8 Å². The predicted molar refractivity (Wildman–Crippen MR) is 43.5 cm³/mol. The van der Waals surface area contributed by atoms with E-state index >= 15 is 0 Å². The lowest BCUT2D eigenvalue weighted by Gasteiger charge is -1.82. The highest BCUT2D eigenvalue weighted by atomic mass is 31.2. The van der Waals surface area contributed by atoms with Gasteiger partial charge in [0.1, 0.15) is 0 Å². The third-order valence-electron chi connectivity index (χ3n) is 0. The van der Waals surface area contributed by atoms with Gasteiger partial charge in [-0.1, -0.05) is 13.8 Å². The minimum Gasteiger partial charge on any atom is -0.412 e. The van der Waals surface area contributed by atoms with Gasteiger partial charge < -0.3 is 34.8 Å². The van der Waals surface area contributed by atoms with Crippen LogP contribution in [-0.4, -0.2) is 34.8 Å². The minimum absolute atomic E-state index is 0. The lowest BCUT2D eigenvalue weighted by molar-refractivity contribution is 0.272. The Kier molecular flexibility index (Phi) is 18.3. The van der Waals surface area contributed by atoms with Gasteiger partial charge in [-0.05, 0) is 0 Å². The third-order valence-corrected chi connectivity index (χ3v) is 0. The molecule has 0 amide bonds. The monoisotopic (exact) mass is 244 g/mol. The van der Waals surface area contributed by atoms with Crippen molar-refractivity contribution in [3.63, 3.8) is 0 Å². The molecule has 0 saturated carbocycles. The standard InChI is InChI=1S/C2H6.2H3O4P.H2O/c1-2;2*1-5(2,3)4;/h1-2H3;2*(H3,1,2,3,4);1H2. The van der Waals surface area contributed by atoms with E-state index in [2.05, 4.69) is 0 Å². The Balaban J connectivity index is -0.0000000491. The van der Waals surface area contributed by atoms with Crippen LogP contribution in [0.25, 0.3) is 0 Å². The van der Waals surface area contributed by atoms with Gasteiger partial charge in [-0.2, -0.15) is 0 Å². The van der Waals surface area contributed by atoms with E-state index in [0.717, 1.165) is 0 Å². The molecule has 0 heterocycles. The molecule has 0 spiro atoms. The lowest BCUT2D eigenvalue weighted by Crippen LogP contribution is -1.66. The molecular weight excluding hydrogens is 230 g/mol. The Labute approximate surface area is 74.5 Å². The molecule has 0 atom stereocenters. The molecule has 0 saturated heterocycles. The van der Waals surface area contributed by atoms with Gasteiger partial charge in [0.25, 0.3) is 0 Å². The first-order valence-electron chi connectivity index (χ1n) is 2.57. The zero-order valence-corrected chi connectivity index (χ0v) is 8.68. The van der Waals surface area contributed by atoms with Crippen LogP contribution in [0.3, 0.4) is 0 Å². The second kappa shape index (κ2) is 10.3. The molecule has 0 aliphatic heterocycles. The maximum Gasteiger partial charge on any atom is 0.466 e. The highest BCUT2D eigenvalue weighted by molar-refractivity contribution is 7.45. The Bertz CT molecular complexity index is 128. The predicted octanol–water partition coefficient (Wildman–Crippen LogP) is -1.66. The van der Waals surface area contributed by atoms with Crippen LogP contribution >= 0.6 is 15.6 Å². The zero-order chi connectivity index (χ0) is 11.0. The van der Waals surface area contributed by atoms with Crippen molar-refractivity contribution in [3.05, 3.63) is 0 Å². The summed E-state index contributed by atoms with van der Waals surface area (Å²) in [5.41, 5.74) is 0. The van der Waals surface area contributed by atoms with Gasteiger partial charge in [0.05, 0.1) is 0 Å². The summed E-state index contributed by atoms with van der Waals surface area (Å²) in [6.45, 7) is 4.00. The molecule has 9 nitrogen and oxygen atoms in total.